The highest BCUT2D eigenvalue weighted by Crippen LogP contribution is 2.43. The van der Waals surface area contributed by atoms with Crippen molar-refractivity contribution in [2.45, 2.75) is 266 Å². The number of fused-ring (bicyclic) bond motifs is 10. The molecule has 136 heavy (non-hydrogen) atoms. The number of nitrogens with one attached hydrogen (secondary N) is 5. The number of nitrogens with zero attached hydrogens (tertiary/aromatic N) is 17. The number of hydrogen-bond donors (Lipinski definition) is 8. The molecule has 5 spiro atoms. The number of hydrogen-bond acceptors (Lipinski definition) is 27. The van der Waals surface area contributed by atoms with Crippen LogP contribution >= 0.6 is 15.9 Å². The molecule has 13 N–H and O–H groups in total. The average Bonchev–Trinajstić information content (AvgIpc) is 1.58. The Kier molecular flexibility index (Phi) is 35.3. The van der Waals surface area contributed by atoms with Crippen LogP contribution < -0.4 is 71.9 Å². The number of carbonyl (C=O) groups excluding carboxylic acids is 7. The van der Waals surface area contributed by atoms with E-state index in [-0.39, 0.29) is 104 Å². The van der Waals surface area contributed by atoms with Gasteiger partial charge in [-0.2, -0.15) is 5.10 Å². The smallest absolute Gasteiger partial charge is 0.295 e. The number of halogens is 1. The number of hydrazone groups is 1. The zero-order valence-electron chi connectivity index (χ0n) is 74.7. The van der Waals surface area contributed by atoms with E-state index in [2.05, 4.69) is 114 Å². The number of hydroxylamine groups is 2. The molecule has 6 amide bonds. The second-order valence-corrected chi connectivity index (χ2v) is 35.2. The summed E-state index contributed by atoms with van der Waals surface area (Å²) in [5.74, 6) is 12.1. The third-order valence-corrected chi connectivity index (χ3v) is 26.6. The maximum Gasteiger partial charge on any atom is 0.295 e. The highest BCUT2D eigenvalue weighted by Gasteiger charge is 2.51. The minimum atomic E-state index is -0.700. The van der Waals surface area contributed by atoms with E-state index in [1.807, 2.05) is 52.0 Å². The fourth-order valence-electron chi connectivity index (χ4n) is 20.1. The number of pyridine rings is 5. The molecule has 40 heteroatoms. The molecule has 0 radical (unpaired) electrons. The first-order valence-corrected chi connectivity index (χ1v) is 44.8. The number of ketones is 1. The third kappa shape index (κ3) is 20.8. The zero-order chi connectivity index (χ0) is 93.3. The summed E-state index contributed by atoms with van der Waals surface area (Å²) in [6.45, 7) is 9.25. The summed E-state index contributed by atoms with van der Waals surface area (Å²) in [5.41, 5.74) is 7.01. The molecule has 0 atom stereocenters. The molecule has 10 aromatic rings. The van der Waals surface area contributed by atoms with Crippen LogP contribution in [0.5, 0.6) is 0 Å². The predicted molar refractivity (Wildman–Crippen MR) is 515 cm³/mol. The van der Waals surface area contributed by atoms with Crippen LogP contribution in [0.25, 0.3) is 0 Å². The quantitative estimate of drug-likeness (QED) is 0.0273. The van der Waals surface area contributed by atoms with E-state index in [1.54, 1.807) is 62.0 Å². The van der Waals surface area contributed by atoms with Crippen molar-refractivity contribution >= 4 is 62.9 Å². The normalized spacial score (nSPS) is 17.0. The SMILES string of the molecule is C.C.C.C.CON(C)C(=O)c1ccncn1.Cc1cc(/C(=N/N)c2ccncn2)c(=O)n2c1C(=O)NC21CCCCC1.Cc1cc(Br)c(=O)n2c1C(=O)NC21CCCCC1.Cc1cc(C(=O)c2ccncn2)c(=O)n2c1C(=O)NC21CCCCC1.Cc1cc(Cc2ccncn2)c(=O)n2c1C(=O)NC21CCCCC1.Cc1cc(Cc2ccncn2)c(=O)n2c1C(=O)NC21CCCCC1.NN.O. The largest absolute Gasteiger partial charge is 0.412 e. The lowest BCUT2D eigenvalue weighted by atomic mass is 9.89. The fraction of sp³-hybridized carbons (Fsp3) is 0.448. The molecule has 0 saturated heterocycles. The van der Waals surface area contributed by atoms with E-state index in [1.165, 1.54) is 87.4 Å². The van der Waals surface area contributed by atoms with Crippen molar-refractivity contribution in [3.63, 3.8) is 0 Å². The molecule has 5 aliphatic carbocycles. The molecule has 20 rings (SSSR count). The Balaban J connectivity index is 0.000000183. The Hall–Kier alpha value is -13.6. The minimum Gasteiger partial charge on any atom is -0.412 e. The monoisotopic (exact) mass is 1930 g/mol. The topological polar surface area (TPSA) is 553 Å². The second-order valence-electron chi connectivity index (χ2n) is 34.4. The summed E-state index contributed by atoms with van der Waals surface area (Å²) in [5, 5.41) is 20.3. The van der Waals surface area contributed by atoms with Crippen LogP contribution in [0.1, 0.15) is 331 Å². The average molecular weight is 1930 g/mol. The van der Waals surface area contributed by atoms with Gasteiger partial charge in [-0.05, 0) is 267 Å². The van der Waals surface area contributed by atoms with Gasteiger partial charge in [0.25, 0.3) is 63.2 Å². The molecule has 5 aliphatic heterocycles. The molecule has 0 aromatic carbocycles. The molecule has 0 unspecified atom stereocenters. The van der Waals surface area contributed by atoms with Gasteiger partial charge < -0.3 is 37.9 Å². The molecule has 10 aliphatic rings. The standard InChI is InChI=1S/C18H20N6O2.C18H18N4O3.2C18H20N4O2.C13H15BrN2O2.C7H9N3O2.4CH4.H4N2.H2O/c1-11-9-12(14(23-19)13-5-8-20-10-21-13)17(26)24-15(11)16(25)22-18(24)6-3-2-4-7-18;1-11-9-12(15(23)13-5-8-19-10-20-13)17(25)22-14(11)16(24)21-18(22)6-3-2-4-7-18;2*1-12-9-13(10-14-5-8-19-11-20-14)17(24)22-15(12)16(23)21-18(22)6-3-2-4-7-18;1-8-7-9(14)12(18)16-10(8)11(17)15-13(16)5-3-2-4-6-13;1-10(12-2)7(11)6-3-4-8-5-9-6;;;;;1-2;/h5,8-10H,2-4,6-7,19H2,1H3,(H,22,25);5,8-10H,2-4,6-7H2,1H3,(H,21,24);2*5,8-9,11H,2-4,6-7,10H2,1H3,(H,21,23);7H,2-6H2,1H3,(H,15,17);3-5H,1-2H3;4*1H4;1-2H2;1H2/b23-14-;;;;;;;;;;;. The summed E-state index contributed by atoms with van der Waals surface area (Å²) in [4.78, 5) is 196. The Morgan fingerprint density at radius 1 is 0.390 bits per heavy atom. The van der Waals surface area contributed by atoms with Gasteiger partial charge in [-0.3, -0.25) is 96.9 Å². The first kappa shape index (κ1) is 106. The highest BCUT2D eigenvalue weighted by molar-refractivity contribution is 9.10. The molecular weight excluding hydrogens is 1810 g/mol. The van der Waals surface area contributed by atoms with Gasteiger partial charge in [0.05, 0.1) is 28.4 Å². The van der Waals surface area contributed by atoms with Crippen molar-refractivity contribution in [3.05, 3.63) is 287 Å². The van der Waals surface area contributed by atoms with Gasteiger partial charge in [-0.15, -0.1) is 0 Å². The summed E-state index contributed by atoms with van der Waals surface area (Å²) >= 11 is 3.30. The van der Waals surface area contributed by atoms with E-state index in [0.29, 0.717) is 98.0 Å². The molecule has 10 aromatic heterocycles. The van der Waals surface area contributed by atoms with Crippen LogP contribution in [-0.2, 0) is 46.0 Å². The van der Waals surface area contributed by atoms with Gasteiger partial charge in [0.1, 0.15) is 106 Å². The number of aryl methyl sites for hydroxylation is 5. The lowest BCUT2D eigenvalue weighted by Crippen LogP contribution is -2.49. The van der Waals surface area contributed by atoms with Crippen molar-refractivity contribution in [1.82, 2.24) is 104 Å². The maximum atomic E-state index is 13.4. The summed E-state index contributed by atoms with van der Waals surface area (Å²) in [6.07, 6.45) is 39.3. The van der Waals surface area contributed by atoms with Crippen molar-refractivity contribution in [2.75, 3.05) is 14.2 Å². The van der Waals surface area contributed by atoms with Gasteiger partial charge in [-0.25, -0.2) is 54.9 Å². The van der Waals surface area contributed by atoms with E-state index >= 15 is 0 Å². The minimum absolute atomic E-state index is 0. The van der Waals surface area contributed by atoms with E-state index < -0.39 is 39.7 Å². The number of carbonyl (C=O) groups is 7. The molecule has 5 fully saturated rings. The second kappa shape index (κ2) is 45.2. The van der Waals surface area contributed by atoms with E-state index in [0.717, 1.165) is 180 Å². The lowest BCUT2D eigenvalue weighted by molar-refractivity contribution is -0.0760. The predicted octanol–water partition coefficient (Wildman–Crippen LogP) is 9.28. The summed E-state index contributed by atoms with van der Waals surface area (Å²) in [6, 6.07) is 16.8. The van der Waals surface area contributed by atoms with Gasteiger partial charge in [0, 0.05) is 73.4 Å². The number of amides is 6. The molecule has 15 heterocycles. The Morgan fingerprint density at radius 2 is 0.662 bits per heavy atom. The van der Waals surface area contributed by atoms with Crippen LogP contribution in [0.4, 0.5) is 0 Å². The Bertz CT molecular complexity index is 6240. The fourth-order valence-corrected chi connectivity index (χ4v) is 20.6. The third-order valence-electron chi connectivity index (χ3n) is 26.1. The van der Waals surface area contributed by atoms with Crippen molar-refractivity contribution in [2.24, 2.45) is 22.6 Å². The molecule has 39 nitrogen and oxygen atoms in total. The van der Waals surface area contributed by atoms with Gasteiger partial charge in [-0.1, -0.05) is 61.8 Å². The number of rotatable bonds is 10. The first-order chi connectivity index (χ1) is 63.1. The lowest BCUT2D eigenvalue weighted by Gasteiger charge is -2.35. The number of hydrazine groups is 1. The molecule has 5 saturated carbocycles. The molecule has 724 valence electrons. The highest BCUT2D eigenvalue weighted by atomic mass is 79.9. The van der Waals surface area contributed by atoms with Gasteiger partial charge in [0.2, 0.25) is 5.78 Å². The maximum absolute atomic E-state index is 13.4. The van der Waals surface area contributed by atoms with E-state index in [9.17, 15) is 57.5 Å². The van der Waals surface area contributed by atoms with Crippen LogP contribution in [-0.4, -0.2) is 144 Å². The molecule has 0 bridgehead atoms. The van der Waals surface area contributed by atoms with Crippen molar-refractivity contribution in [3.8, 4) is 0 Å². The van der Waals surface area contributed by atoms with E-state index in [4.69, 9.17) is 5.84 Å². The molecular formula is C96H124BrN25O14. The summed E-state index contributed by atoms with van der Waals surface area (Å²) in [7, 11) is 2.93. The van der Waals surface area contributed by atoms with Crippen LogP contribution in [0.3, 0.4) is 0 Å². The first-order valence-electron chi connectivity index (χ1n) is 44.0. The van der Waals surface area contributed by atoms with Gasteiger partial charge in [0.15, 0.2) is 0 Å². The Labute approximate surface area is 796 Å². The van der Waals surface area contributed by atoms with Crippen LogP contribution in [0.15, 0.2) is 157 Å². The number of aromatic nitrogens is 15. The zero-order valence-corrected chi connectivity index (χ0v) is 76.2. The van der Waals surface area contributed by atoms with Crippen LogP contribution in [0, 0.1) is 34.6 Å². The Morgan fingerprint density at radius 3 is 0.963 bits per heavy atom. The van der Waals surface area contributed by atoms with Gasteiger partial charge >= 0.3 is 0 Å². The van der Waals surface area contributed by atoms with Crippen molar-refractivity contribution in [1.29, 1.82) is 0 Å². The number of nitrogens with two attached hydrogens (primary N) is 3. The van der Waals surface area contributed by atoms with Crippen molar-refractivity contribution < 1.29 is 43.9 Å². The van der Waals surface area contributed by atoms with Crippen LogP contribution in [0.2, 0.25) is 0 Å². The summed E-state index contributed by atoms with van der Waals surface area (Å²) < 4.78 is 8.85.